The van der Waals surface area contributed by atoms with Crippen molar-refractivity contribution in [2.24, 2.45) is 0 Å². The lowest BCUT2D eigenvalue weighted by molar-refractivity contribution is -0.139. The number of rotatable bonds is 6. The van der Waals surface area contributed by atoms with Crippen molar-refractivity contribution in [3.05, 3.63) is 29.5 Å². The Hall–Kier alpha value is -2.54. The summed E-state index contributed by atoms with van der Waals surface area (Å²) in [6, 6.07) is 5.15. The quantitative estimate of drug-likeness (QED) is 0.694. The highest BCUT2D eigenvalue weighted by Crippen LogP contribution is 2.37. The molecule has 0 N–H and O–H groups in total. The Balaban J connectivity index is 2.07. The Morgan fingerprint density at radius 3 is 2.14 bits per heavy atom. The minimum absolute atomic E-state index is 0.204. The van der Waals surface area contributed by atoms with E-state index >= 15 is 0 Å². The zero-order chi connectivity index (χ0) is 20.4. The average molecular weight is 387 g/mol. The van der Waals surface area contributed by atoms with Gasteiger partial charge in [-0.25, -0.2) is 0 Å². The van der Waals surface area contributed by atoms with Gasteiger partial charge >= 0.3 is 0 Å². The van der Waals surface area contributed by atoms with Crippen LogP contribution in [0.4, 0.5) is 0 Å². The molecule has 2 aliphatic rings. The van der Waals surface area contributed by atoms with E-state index in [4.69, 9.17) is 9.47 Å². The first-order valence-corrected chi connectivity index (χ1v) is 9.74. The summed E-state index contributed by atoms with van der Waals surface area (Å²) in [5.41, 5.74) is 1.62. The molecule has 1 saturated heterocycles. The van der Waals surface area contributed by atoms with Gasteiger partial charge in [0.25, 0.3) is 11.8 Å². The molecular formula is C21H29N3O4. The number of imide groups is 1. The predicted octanol–water partition coefficient (Wildman–Crippen LogP) is 1.83. The van der Waals surface area contributed by atoms with Gasteiger partial charge in [-0.2, -0.15) is 0 Å². The monoisotopic (exact) mass is 387 g/mol. The lowest BCUT2D eigenvalue weighted by Gasteiger charge is -2.36. The lowest BCUT2D eigenvalue weighted by Crippen LogP contribution is -2.47. The largest absolute Gasteiger partial charge is 0.493 e. The maximum Gasteiger partial charge on any atom is 0.278 e. The van der Waals surface area contributed by atoms with Crippen LogP contribution in [0.2, 0.25) is 0 Å². The molecule has 0 atom stereocenters. The van der Waals surface area contributed by atoms with E-state index in [1.54, 1.807) is 26.4 Å². The van der Waals surface area contributed by atoms with Gasteiger partial charge in [-0.1, -0.05) is 13.0 Å². The number of ether oxygens (including phenoxy) is 2. The molecule has 1 aromatic rings. The second-order valence-corrected chi connectivity index (χ2v) is 7.29. The van der Waals surface area contributed by atoms with Crippen LogP contribution >= 0.6 is 0 Å². The Bertz CT molecular complexity index is 795. The summed E-state index contributed by atoms with van der Waals surface area (Å²) in [7, 11) is 3.13. The van der Waals surface area contributed by atoms with Crippen LogP contribution < -0.4 is 9.47 Å². The fraction of sp³-hybridized carbons (Fsp3) is 0.524. The molecule has 2 amide bonds. The zero-order valence-corrected chi connectivity index (χ0v) is 17.3. The first-order chi connectivity index (χ1) is 13.4. The van der Waals surface area contributed by atoms with Crippen LogP contribution in [0.25, 0.3) is 5.57 Å². The molecule has 7 nitrogen and oxygen atoms in total. The SMILES string of the molecule is CCN1CCN(C2=C(c3ccc(OC)c(OC)c3)C(=O)N(C(C)C)C2=O)CC1. The highest BCUT2D eigenvalue weighted by Gasteiger charge is 2.43. The van der Waals surface area contributed by atoms with Gasteiger partial charge in [0.2, 0.25) is 0 Å². The van der Waals surface area contributed by atoms with E-state index in [2.05, 4.69) is 16.7 Å². The first-order valence-electron chi connectivity index (χ1n) is 9.74. The maximum atomic E-state index is 13.2. The molecule has 1 fully saturated rings. The molecule has 0 aliphatic carbocycles. The fourth-order valence-corrected chi connectivity index (χ4v) is 3.84. The molecule has 0 saturated carbocycles. The molecule has 3 rings (SSSR count). The number of carbonyl (C=O) groups is 2. The molecule has 2 aliphatic heterocycles. The zero-order valence-electron chi connectivity index (χ0n) is 17.3. The van der Waals surface area contributed by atoms with Crippen LogP contribution in [0, 0.1) is 0 Å². The van der Waals surface area contributed by atoms with Crippen LogP contribution in [-0.4, -0.2) is 79.5 Å². The molecule has 0 radical (unpaired) electrons. The van der Waals surface area contributed by atoms with Crippen LogP contribution in [0.3, 0.4) is 0 Å². The third kappa shape index (κ3) is 3.46. The topological polar surface area (TPSA) is 62.3 Å². The molecule has 1 aromatic carbocycles. The number of hydrogen-bond acceptors (Lipinski definition) is 6. The summed E-state index contributed by atoms with van der Waals surface area (Å²) < 4.78 is 10.7. The van der Waals surface area contributed by atoms with Crippen molar-refractivity contribution in [2.45, 2.75) is 26.8 Å². The summed E-state index contributed by atoms with van der Waals surface area (Å²) in [6.45, 7) is 10.1. The molecule has 7 heteroatoms. The summed E-state index contributed by atoms with van der Waals surface area (Å²) >= 11 is 0. The summed E-state index contributed by atoms with van der Waals surface area (Å²) in [4.78, 5) is 32.2. The molecule has 0 aromatic heterocycles. The number of hydrogen-bond donors (Lipinski definition) is 0. The van der Waals surface area contributed by atoms with Crippen LogP contribution in [0.1, 0.15) is 26.3 Å². The predicted molar refractivity (Wildman–Crippen MR) is 107 cm³/mol. The number of piperazine rings is 1. The Kier molecular flexibility index (Phi) is 5.93. The fourth-order valence-electron chi connectivity index (χ4n) is 3.84. The van der Waals surface area contributed by atoms with E-state index in [1.165, 1.54) is 4.90 Å². The lowest BCUT2D eigenvalue weighted by atomic mass is 10.0. The first kappa shape index (κ1) is 20.2. The van der Waals surface area contributed by atoms with Gasteiger partial charge in [0.1, 0.15) is 5.70 Å². The molecular weight excluding hydrogens is 358 g/mol. The Morgan fingerprint density at radius 2 is 1.61 bits per heavy atom. The molecule has 0 bridgehead atoms. The Morgan fingerprint density at radius 1 is 0.964 bits per heavy atom. The van der Waals surface area contributed by atoms with Gasteiger partial charge in [-0.3, -0.25) is 14.5 Å². The normalized spacial score (nSPS) is 18.5. The summed E-state index contributed by atoms with van der Waals surface area (Å²) in [5, 5.41) is 0. The van der Waals surface area contributed by atoms with Crippen molar-refractivity contribution in [1.82, 2.24) is 14.7 Å². The number of benzene rings is 1. The number of nitrogens with zero attached hydrogens (tertiary/aromatic N) is 3. The standard InChI is InChI=1S/C21H29N3O4/c1-6-22-9-11-23(12-10-22)19-18(20(25)24(14(2)3)21(19)26)15-7-8-16(27-4)17(13-15)28-5/h7-8,13-14H,6,9-12H2,1-5H3. The smallest absolute Gasteiger partial charge is 0.278 e. The average Bonchev–Trinajstić information content (AvgIpc) is 2.97. The van der Waals surface area contributed by atoms with Crippen molar-refractivity contribution in [3.8, 4) is 11.5 Å². The van der Waals surface area contributed by atoms with Crippen LogP contribution in [0.15, 0.2) is 23.9 Å². The van der Waals surface area contributed by atoms with Crippen LogP contribution in [-0.2, 0) is 9.59 Å². The highest BCUT2D eigenvalue weighted by molar-refractivity contribution is 6.35. The highest BCUT2D eigenvalue weighted by atomic mass is 16.5. The van der Waals surface area contributed by atoms with Gasteiger partial charge in [-0.15, -0.1) is 0 Å². The van der Waals surface area contributed by atoms with E-state index in [0.717, 1.165) is 32.7 Å². The molecule has 0 spiro atoms. The number of carbonyl (C=O) groups excluding carboxylic acids is 2. The Labute approximate surface area is 166 Å². The maximum absolute atomic E-state index is 13.2. The van der Waals surface area contributed by atoms with Crippen molar-refractivity contribution in [1.29, 1.82) is 0 Å². The van der Waals surface area contributed by atoms with Gasteiger partial charge in [0.05, 0.1) is 19.8 Å². The number of methoxy groups -OCH3 is 2. The third-order valence-electron chi connectivity index (χ3n) is 5.42. The van der Waals surface area contributed by atoms with E-state index in [0.29, 0.717) is 28.3 Å². The van der Waals surface area contributed by atoms with Crippen molar-refractivity contribution < 1.29 is 19.1 Å². The molecule has 0 unspecified atom stereocenters. The minimum Gasteiger partial charge on any atom is -0.493 e. The van der Waals surface area contributed by atoms with E-state index < -0.39 is 0 Å². The van der Waals surface area contributed by atoms with Gasteiger partial charge in [-0.05, 0) is 38.1 Å². The van der Waals surface area contributed by atoms with Gasteiger partial charge in [0, 0.05) is 32.2 Å². The molecule has 152 valence electrons. The number of likely N-dealkylation sites (N-methyl/N-ethyl adjacent to an activating group) is 1. The second kappa shape index (κ2) is 8.22. The van der Waals surface area contributed by atoms with E-state index in [9.17, 15) is 9.59 Å². The summed E-state index contributed by atoms with van der Waals surface area (Å²) in [6.07, 6.45) is 0. The minimum atomic E-state index is -0.250. The van der Waals surface area contributed by atoms with Crippen molar-refractivity contribution >= 4 is 17.4 Å². The molecule has 28 heavy (non-hydrogen) atoms. The van der Waals surface area contributed by atoms with Crippen molar-refractivity contribution in [2.75, 3.05) is 46.9 Å². The molecule has 2 heterocycles. The summed E-state index contributed by atoms with van der Waals surface area (Å²) in [5.74, 6) is 0.656. The van der Waals surface area contributed by atoms with E-state index in [1.807, 2.05) is 19.9 Å². The second-order valence-electron chi connectivity index (χ2n) is 7.29. The van der Waals surface area contributed by atoms with E-state index in [-0.39, 0.29) is 17.9 Å². The van der Waals surface area contributed by atoms with Crippen molar-refractivity contribution in [3.63, 3.8) is 0 Å². The van der Waals surface area contributed by atoms with Gasteiger partial charge in [0.15, 0.2) is 11.5 Å². The van der Waals surface area contributed by atoms with Crippen LogP contribution in [0.5, 0.6) is 11.5 Å². The third-order valence-corrected chi connectivity index (χ3v) is 5.42. The number of amides is 2. The van der Waals surface area contributed by atoms with Gasteiger partial charge < -0.3 is 19.3 Å².